The molecule has 0 bridgehead atoms. The molecule has 1 aliphatic carbocycles. The normalized spacial score (nSPS) is 20.0. The van der Waals surface area contributed by atoms with Crippen LogP contribution in [0.2, 0.25) is 0 Å². The third-order valence-electron chi connectivity index (χ3n) is 7.45. The van der Waals surface area contributed by atoms with Gasteiger partial charge in [0.25, 0.3) is 10.0 Å². The van der Waals surface area contributed by atoms with Gasteiger partial charge in [-0.1, -0.05) is 18.2 Å². The molecule has 0 spiro atoms. The van der Waals surface area contributed by atoms with Crippen molar-refractivity contribution in [3.8, 4) is 17.2 Å². The fourth-order valence-electron chi connectivity index (χ4n) is 5.37. The number of rotatable bonds is 7. The number of aryl methyl sites for hydroxylation is 2. The number of fused-ring (bicyclic) bond motifs is 3. The van der Waals surface area contributed by atoms with Crippen molar-refractivity contribution >= 4 is 21.4 Å². The van der Waals surface area contributed by atoms with Crippen molar-refractivity contribution in [3.05, 3.63) is 82.9 Å². The molecule has 0 fully saturated rings. The van der Waals surface area contributed by atoms with Crippen molar-refractivity contribution in [1.82, 2.24) is 0 Å². The molecule has 0 unspecified atom stereocenters. The molecule has 0 amide bonds. The average molecular weight is 521 g/mol. The molecule has 1 heterocycles. The van der Waals surface area contributed by atoms with E-state index in [9.17, 15) is 8.42 Å². The molecule has 37 heavy (non-hydrogen) atoms. The summed E-state index contributed by atoms with van der Waals surface area (Å²) >= 11 is 0. The summed E-state index contributed by atoms with van der Waals surface area (Å²) in [6, 6.07) is 14.8. The van der Waals surface area contributed by atoms with Crippen LogP contribution < -0.4 is 24.2 Å². The lowest BCUT2D eigenvalue weighted by Crippen LogP contribution is -2.29. The summed E-state index contributed by atoms with van der Waals surface area (Å²) in [6.45, 7) is 3.97. The molecule has 0 saturated carbocycles. The largest absolute Gasteiger partial charge is 0.493 e. The maximum atomic E-state index is 13.3. The zero-order valence-electron chi connectivity index (χ0n) is 21.7. The highest BCUT2D eigenvalue weighted by atomic mass is 32.2. The maximum Gasteiger partial charge on any atom is 0.261 e. The standard InChI is InChI=1S/C29H32N2O5S/c1-17-9-10-20(13-18(17)2)31-37(32,33)21-11-12-25-24(16-21)22-7-6-8-23(22)28(30-25)19-14-26(34-3)29(36-5)27(15-19)35-4/h6-7,9-16,22-23,28,30-31H,8H2,1-5H3/t22-,23+,28+/m1/s1. The van der Waals surface area contributed by atoms with Crippen LogP contribution in [-0.2, 0) is 10.0 Å². The van der Waals surface area contributed by atoms with Crippen molar-refractivity contribution in [2.24, 2.45) is 5.92 Å². The molecular weight excluding hydrogens is 488 g/mol. The predicted molar refractivity (Wildman–Crippen MR) is 146 cm³/mol. The van der Waals surface area contributed by atoms with Crippen molar-refractivity contribution in [1.29, 1.82) is 0 Å². The van der Waals surface area contributed by atoms with Crippen LogP contribution in [-0.4, -0.2) is 29.7 Å². The quantitative estimate of drug-likeness (QED) is 0.374. The van der Waals surface area contributed by atoms with E-state index in [0.717, 1.165) is 34.4 Å². The van der Waals surface area contributed by atoms with E-state index in [1.807, 2.05) is 44.2 Å². The van der Waals surface area contributed by atoms with E-state index < -0.39 is 10.0 Å². The summed E-state index contributed by atoms with van der Waals surface area (Å²) in [7, 11) is 1.06. The molecule has 8 heteroatoms. The van der Waals surface area contributed by atoms with Crippen LogP contribution in [0.4, 0.5) is 11.4 Å². The van der Waals surface area contributed by atoms with Crippen molar-refractivity contribution in [2.45, 2.75) is 37.1 Å². The Morgan fingerprint density at radius 3 is 2.27 bits per heavy atom. The average Bonchev–Trinajstić information content (AvgIpc) is 3.39. The number of hydrogen-bond acceptors (Lipinski definition) is 6. The Bertz CT molecular complexity index is 1460. The van der Waals surface area contributed by atoms with E-state index in [1.54, 1.807) is 39.5 Å². The summed E-state index contributed by atoms with van der Waals surface area (Å²) in [5, 5.41) is 3.66. The van der Waals surface area contributed by atoms with Crippen LogP contribution in [0.15, 0.2) is 65.6 Å². The second-order valence-electron chi connectivity index (χ2n) is 9.59. The van der Waals surface area contributed by atoms with Gasteiger partial charge in [0.05, 0.1) is 32.3 Å². The van der Waals surface area contributed by atoms with E-state index in [0.29, 0.717) is 22.9 Å². The zero-order chi connectivity index (χ0) is 26.3. The van der Waals surface area contributed by atoms with Gasteiger partial charge in [0.1, 0.15) is 0 Å². The Hall–Kier alpha value is -3.65. The Kier molecular flexibility index (Phi) is 6.54. The maximum absolute atomic E-state index is 13.3. The van der Waals surface area contributed by atoms with E-state index in [4.69, 9.17) is 14.2 Å². The Morgan fingerprint density at radius 2 is 1.62 bits per heavy atom. The Labute approximate surface area is 218 Å². The van der Waals surface area contributed by atoms with Gasteiger partial charge in [0.15, 0.2) is 11.5 Å². The lowest BCUT2D eigenvalue weighted by molar-refractivity contribution is 0.322. The van der Waals surface area contributed by atoms with Crippen LogP contribution in [0.3, 0.4) is 0 Å². The highest BCUT2D eigenvalue weighted by Gasteiger charge is 2.39. The Morgan fingerprint density at radius 1 is 0.892 bits per heavy atom. The van der Waals surface area contributed by atoms with Crippen LogP contribution in [0, 0.1) is 19.8 Å². The van der Waals surface area contributed by atoms with Gasteiger partial charge in [-0.3, -0.25) is 4.72 Å². The van der Waals surface area contributed by atoms with Gasteiger partial charge in [-0.05, 0) is 90.9 Å². The van der Waals surface area contributed by atoms with Gasteiger partial charge in [0, 0.05) is 17.3 Å². The van der Waals surface area contributed by atoms with E-state index in [-0.39, 0.29) is 22.8 Å². The van der Waals surface area contributed by atoms with Crippen LogP contribution >= 0.6 is 0 Å². The van der Waals surface area contributed by atoms with Gasteiger partial charge in [0.2, 0.25) is 5.75 Å². The van der Waals surface area contributed by atoms with Crippen LogP contribution in [0.25, 0.3) is 0 Å². The van der Waals surface area contributed by atoms with Crippen molar-refractivity contribution in [2.75, 3.05) is 31.4 Å². The lowest BCUT2D eigenvalue weighted by Gasteiger charge is -2.38. The molecule has 0 radical (unpaired) electrons. The molecule has 3 aromatic rings. The number of ether oxygens (including phenoxy) is 3. The van der Waals surface area contributed by atoms with E-state index in [2.05, 4.69) is 22.2 Å². The highest BCUT2D eigenvalue weighted by molar-refractivity contribution is 7.92. The molecule has 2 N–H and O–H groups in total. The number of hydrogen-bond donors (Lipinski definition) is 2. The van der Waals surface area contributed by atoms with E-state index >= 15 is 0 Å². The summed E-state index contributed by atoms with van der Waals surface area (Å²) in [4.78, 5) is 0.247. The third-order valence-corrected chi connectivity index (χ3v) is 8.83. The SMILES string of the molecule is COc1cc([C@@H]2Nc3ccc(S(=O)(=O)Nc4ccc(C)c(C)c4)cc3[C@@H]3C=CC[C@@H]32)cc(OC)c1OC. The molecule has 5 rings (SSSR count). The fourth-order valence-corrected chi connectivity index (χ4v) is 6.45. The molecule has 0 saturated heterocycles. The van der Waals surface area contributed by atoms with Gasteiger partial charge in [-0.15, -0.1) is 0 Å². The summed E-state index contributed by atoms with van der Waals surface area (Å²) < 4.78 is 45.9. The van der Waals surface area contributed by atoms with Crippen LogP contribution in [0.5, 0.6) is 17.2 Å². The number of methoxy groups -OCH3 is 3. The minimum Gasteiger partial charge on any atom is -0.493 e. The first kappa shape index (κ1) is 25.0. The first-order chi connectivity index (χ1) is 17.7. The molecule has 3 aromatic carbocycles. The number of allylic oxidation sites excluding steroid dienone is 2. The van der Waals surface area contributed by atoms with Crippen LogP contribution in [0.1, 0.15) is 40.6 Å². The first-order valence-electron chi connectivity index (χ1n) is 12.2. The minimum atomic E-state index is -3.75. The molecule has 3 atom stereocenters. The third kappa shape index (κ3) is 4.50. The van der Waals surface area contributed by atoms with Crippen molar-refractivity contribution < 1.29 is 22.6 Å². The molecular formula is C29H32N2O5S. The van der Waals surface area contributed by atoms with Gasteiger partial charge >= 0.3 is 0 Å². The smallest absolute Gasteiger partial charge is 0.261 e. The molecule has 1 aliphatic heterocycles. The van der Waals surface area contributed by atoms with E-state index in [1.165, 1.54) is 0 Å². The van der Waals surface area contributed by atoms with Gasteiger partial charge in [-0.2, -0.15) is 0 Å². The summed E-state index contributed by atoms with van der Waals surface area (Å²) in [6.07, 6.45) is 5.23. The first-order valence-corrected chi connectivity index (χ1v) is 13.7. The lowest BCUT2D eigenvalue weighted by atomic mass is 9.77. The Balaban J connectivity index is 1.50. The number of nitrogens with one attached hydrogen (secondary N) is 2. The predicted octanol–water partition coefficient (Wildman–Crippen LogP) is 5.96. The zero-order valence-corrected chi connectivity index (χ0v) is 22.5. The fraction of sp³-hybridized carbons (Fsp3) is 0.310. The molecule has 2 aliphatic rings. The monoisotopic (exact) mass is 520 g/mol. The molecule has 0 aromatic heterocycles. The number of sulfonamides is 1. The number of benzene rings is 3. The summed E-state index contributed by atoms with van der Waals surface area (Å²) in [5.74, 6) is 2.05. The molecule has 194 valence electrons. The topological polar surface area (TPSA) is 85.9 Å². The number of anilines is 2. The second-order valence-corrected chi connectivity index (χ2v) is 11.3. The minimum absolute atomic E-state index is 0.0164. The molecule has 7 nitrogen and oxygen atoms in total. The van der Waals surface area contributed by atoms with Crippen molar-refractivity contribution in [3.63, 3.8) is 0 Å². The summed E-state index contributed by atoms with van der Waals surface area (Å²) in [5.41, 5.74) is 5.62. The van der Waals surface area contributed by atoms with Gasteiger partial charge < -0.3 is 19.5 Å². The highest BCUT2D eigenvalue weighted by Crippen LogP contribution is 2.52. The second kappa shape index (κ2) is 9.67. The van der Waals surface area contributed by atoms with Gasteiger partial charge in [-0.25, -0.2) is 8.42 Å².